The molecule has 0 spiro atoms. The SMILES string of the molecule is COc1ccccc1C1=NO[C@](C)(C(=O)Nc2cnn(Cc3ccccc3F)c2)C1. The molecule has 1 N–H and O–H groups in total. The second-order valence-corrected chi connectivity index (χ2v) is 7.21. The maximum atomic E-state index is 13.8. The normalized spacial score (nSPS) is 17.9. The van der Waals surface area contributed by atoms with Crippen molar-refractivity contribution in [3.05, 3.63) is 77.9 Å². The molecule has 1 atom stereocenters. The van der Waals surface area contributed by atoms with Crippen LogP contribution in [0.25, 0.3) is 0 Å². The summed E-state index contributed by atoms with van der Waals surface area (Å²) in [4.78, 5) is 18.4. The van der Waals surface area contributed by atoms with E-state index >= 15 is 0 Å². The summed E-state index contributed by atoms with van der Waals surface area (Å²) in [6.45, 7) is 1.94. The molecule has 0 bridgehead atoms. The van der Waals surface area contributed by atoms with E-state index in [1.165, 1.54) is 12.3 Å². The minimum atomic E-state index is -1.16. The number of ether oxygens (including phenoxy) is 1. The first-order valence-electron chi connectivity index (χ1n) is 9.44. The van der Waals surface area contributed by atoms with Crippen LogP contribution < -0.4 is 10.1 Å². The fourth-order valence-corrected chi connectivity index (χ4v) is 3.27. The zero-order chi connectivity index (χ0) is 21.1. The Labute approximate surface area is 173 Å². The van der Waals surface area contributed by atoms with Crippen molar-refractivity contribution >= 4 is 17.3 Å². The molecule has 0 saturated carbocycles. The van der Waals surface area contributed by atoms with Crippen molar-refractivity contribution in [2.75, 3.05) is 12.4 Å². The molecule has 1 aliphatic heterocycles. The number of benzene rings is 2. The smallest absolute Gasteiger partial charge is 0.271 e. The minimum absolute atomic E-state index is 0.261. The van der Waals surface area contributed by atoms with Gasteiger partial charge >= 0.3 is 0 Å². The second kappa shape index (κ2) is 7.98. The van der Waals surface area contributed by atoms with Gasteiger partial charge in [0.15, 0.2) is 0 Å². The first-order valence-corrected chi connectivity index (χ1v) is 9.44. The summed E-state index contributed by atoms with van der Waals surface area (Å²) < 4.78 is 20.8. The van der Waals surface area contributed by atoms with E-state index in [0.717, 1.165) is 5.56 Å². The van der Waals surface area contributed by atoms with Crippen LogP contribution in [-0.4, -0.2) is 34.1 Å². The Kier molecular flexibility index (Phi) is 5.22. The number of carbonyl (C=O) groups is 1. The van der Waals surface area contributed by atoms with Crippen LogP contribution in [0.1, 0.15) is 24.5 Å². The topological polar surface area (TPSA) is 77.7 Å². The third kappa shape index (κ3) is 3.89. The summed E-state index contributed by atoms with van der Waals surface area (Å²) >= 11 is 0. The van der Waals surface area contributed by atoms with Crippen molar-refractivity contribution in [1.29, 1.82) is 0 Å². The highest BCUT2D eigenvalue weighted by atomic mass is 19.1. The van der Waals surface area contributed by atoms with Crippen molar-refractivity contribution in [2.24, 2.45) is 5.16 Å². The zero-order valence-electron chi connectivity index (χ0n) is 16.6. The van der Waals surface area contributed by atoms with Crippen LogP contribution in [0.15, 0.2) is 66.1 Å². The van der Waals surface area contributed by atoms with Gasteiger partial charge in [-0.15, -0.1) is 0 Å². The summed E-state index contributed by atoms with van der Waals surface area (Å²) in [5, 5.41) is 11.1. The largest absolute Gasteiger partial charge is 0.496 e. The summed E-state index contributed by atoms with van der Waals surface area (Å²) in [5.41, 5.74) is 1.27. The predicted molar refractivity (Wildman–Crippen MR) is 110 cm³/mol. The Morgan fingerprint density at radius 3 is 2.83 bits per heavy atom. The lowest BCUT2D eigenvalue weighted by Gasteiger charge is -2.19. The summed E-state index contributed by atoms with van der Waals surface area (Å²) in [7, 11) is 1.58. The molecule has 3 aromatic rings. The quantitative estimate of drug-likeness (QED) is 0.676. The van der Waals surface area contributed by atoms with Gasteiger partial charge < -0.3 is 14.9 Å². The molecule has 1 amide bonds. The van der Waals surface area contributed by atoms with Gasteiger partial charge in [0.1, 0.15) is 11.6 Å². The van der Waals surface area contributed by atoms with Crippen molar-refractivity contribution in [2.45, 2.75) is 25.5 Å². The molecule has 154 valence electrons. The number of hydrogen-bond donors (Lipinski definition) is 1. The van der Waals surface area contributed by atoms with Gasteiger partial charge in [-0.25, -0.2) is 4.39 Å². The number of carbonyl (C=O) groups excluding carboxylic acids is 1. The number of methoxy groups -OCH3 is 1. The molecule has 1 aliphatic rings. The van der Waals surface area contributed by atoms with E-state index in [2.05, 4.69) is 15.6 Å². The lowest BCUT2D eigenvalue weighted by molar-refractivity contribution is -0.135. The predicted octanol–water partition coefficient (Wildman–Crippen LogP) is 3.60. The Morgan fingerprint density at radius 2 is 2.03 bits per heavy atom. The highest BCUT2D eigenvalue weighted by molar-refractivity contribution is 6.09. The van der Waals surface area contributed by atoms with E-state index in [0.29, 0.717) is 29.1 Å². The Morgan fingerprint density at radius 1 is 1.27 bits per heavy atom. The number of para-hydroxylation sites is 1. The Hall–Kier alpha value is -3.68. The third-order valence-corrected chi connectivity index (χ3v) is 4.94. The van der Waals surface area contributed by atoms with Crippen LogP contribution in [0.2, 0.25) is 0 Å². The maximum Gasteiger partial charge on any atom is 0.271 e. The Bertz CT molecular complexity index is 1110. The van der Waals surface area contributed by atoms with Crippen LogP contribution in [0.5, 0.6) is 5.75 Å². The van der Waals surface area contributed by atoms with Crippen LogP contribution in [-0.2, 0) is 16.2 Å². The highest BCUT2D eigenvalue weighted by Crippen LogP contribution is 2.31. The van der Waals surface area contributed by atoms with Crippen molar-refractivity contribution in [3.8, 4) is 5.75 Å². The van der Waals surface area contributed by atoms with Gasteiger partial charge in [-0.2, -0.15) is 5.10 Å². The zero-order valence-corrected chi connectivity index (χ0v) is 16.6. The molecule has 0 fully saturated rings. The maximum absolute atomic E-state index is 13.8. The van der Waals surface area contributed by atoms with Crippen LogP contribution >= 0.6 is 0 Å². The van der Waals surface area contributed by atoms with Crippen molar-refractivity contribution in [3.63, 3.8) is 0 Å². The molecule has 1 aromatic heterocycles. The third-order valence-electron chi connectivity index (χ3n) is 4.94. The average Bonchev–Trinajstić information content (AvgIpc) is 3.37. The molecule has 0 saturated heterocycles. The van der Waals surface area contributed by atoms with Gasteiger partial charge in [0.25, 0.3) is 5.91 Å². The van der Waals surface area contributed by atoms with Gasteiger partial charge in [-0.1, -0.05) is 35.5 Å². The molecular weight excluding hydrogens is 387 g/mol. The van der Waals surface area contributed by atoms with E-state index in [-0.39, 0.29) is 18.3 Å². The lowest BCUT2D eigenvalue weighted by Crippen LogP contribution is -2.40. The first-order chi connectivity index (χ1) is 14.5. The number of nitrogens with zero attached hydrogens (tertiary/aromatic N) is 3. The molecule has 0 unspecified atom stereocenters. The molecule has 2 heterocycles. The van der Waals surface area contributed by atoms with E-state index in [1.54, 1.807) is 43.1 Å². The standard InChI is InChI=1S/C22H21FN4O3/c1-22(11-19(26-30-22)17-8-4-6-10-20(17)29-2)21(28)25-16-12-24-27(14-16)13-15-7-3-5-9-18(15)23/h3-10,12,14H,11,13H2,1-2H3,(H,25,28)/t22-/m0/s1. The molecule has 2 aromatic carbocycles. The van der Waals surface area contributed by atoms with E-state index in [1.807, 2.05) is 24.3 Å². The monoisotopic (exact) mass is 408 g/mol. The molecule has 0 aliphatic carbocycles. The first kappa shape index (κ1) is 19.6. The van der Waals surface area contributed by atoms with E-state index in [4.69, 9.17) is 9.57 Å². The number of amides is 1. The number of aromatic nitrogens is 2. The molecule has 7 nitrogen and oxygen atoms in total. The summed E-state index contributed by atoms with van der Waals surface area (Å²) in [6, 6.07) is 13.9. The molecule has 8 heteroatoms. The lowest BCUT2D eigenvalue weighted by atomic mass is 9.94. The molecule has 0 radical (unpaired) electrons. The van der Waals surface area contributed by atoms with E-state index < -0.39 is 5.60 Å². The highest BCUT2D eigenvalue weighted by Gasteiger charge is 2.43. The number of oxime groups is 1. The van der Waals surface area contributed by atoms with Gasteiger partial charge in [0.2, 0.25) is 5.60 Å². The fraction of sp³-hybridized carbons (Fsp3) is 0.227. The fourth-order valence-electron chi connectivity index (χ4n) is 3.27. The number of anilines is 1. The van der Waals surface area contributed by atoms with Gasteiger partial charge in [-0.3, -0.25) is 9.48 Å². The minimum Gasteiger partial charge on any atom is -0.496 e. The van der Waals surface area contributed by atoms with Crippen LogP contribution in [0.4, 0.5) is 10.1 Å². The van der Waals surface area contributed by atoms with Crippen molar-refractivity contribution in [1.82, 2.24) is 9.78 Å². The number of hydrogen-bond acceptors (Lipinski definition) is 5. The number of rotatable bonds is 6. The molecular formula is C22H21FN4O3. The molecule has 4 rings (SSSR count). The van der Waals surface area contributed by atoms with Crippen LogP contribution in [0, 0.1) is 5.82 Å². The van der Waals surface area contributed by atoms with Crippen molar-refractivity contribution < 1.29 is 18.8 Å². The van der Waals surface area contributed by atoms with Gasteiger partial charge in [0.05, 0.1) is 31.3 Å². The van der Waals surface area contributed by atoms with Gasteiger partial charge in [0, 0.05) is 23.7 Å². The summed E-state index contributed by atoms with van der Waals surface area (Å²) in [6.07, 6.45) is 3.45. The second-order valence-electron chi connectivity index (χ2n) is 7.21. The molecule has 30 heavy (non-hydrogen) atoms. The van der Waals surface area contributed by atoms with Gasteiger partial charge in [-0.05, 0) is 25.1 Å². The number of nitrogens with one attached hydrogen (secondary N) is 1. The number of halogens is 1. The Balaban J connectivity index is 1.42. The average molecular weight is 408 g/mol. The van der Waals surface area contributed by atoms with E-state index in [9.17, 15) is 9.18 Å². The van der Waals surface area contributed by atoms with Crippen LogP contribution in [0.3, 0.4) is 0 Å². The summed E-state index contributed by atoms with van der Waals surface area (Å²) in [5.74, 6) is 0.0204.